The van der Waals surface area contributed by atoms with Crippen LogP contribution in [0, 0.1) is 0 Å². The van der Waals surface area contributed by atoms with E-state index in [1.54, 1.807) is 4.90 Å². The monoisotopic (exact) mass is 227 g/mol. The molecule has 2 fully saturated rings. The summed E-state index contributed by atoms with van der Waals surface area (Å²) in [6.45, 7) is 5.66. The molecular weight excluding hydrogens is 206 g/mol. The Kier molecular flexibility index (Phi) is 4.15. The average molecular weight is 227 g/mol. The maximum atomic E-state index is 11.3. The molecule has 5 heteroatoms. The molecule has 2 saturated heterocycles. The van der Waals surface area contributed by atoms with E-state index in [0.29, 0.717) is 6.04 Å². The van der Waals surface area contributed by atoms with E-state index in [1.807, 2.05) is 0 Å². The van der Waals surface area contributed by atoms with Gasteiger partial charge in [-0.15, -0.1) is 0 Å². The first-order valence-electron chi connectivity index (χ1n) is 6.14. The molecule has 16 heavy (non-hydrogen) atoms. The van der Waals surface area contributed by atoms with Gasteiger partial charge in [-0.3, -0.25) is 9.69 Å². The quantitative estimate of drug-likeness (QED) is 0.627. The Bertz CT molecular complexity index is 233. The predicted octanol–water partition coefficient (Wildman–Crippen LogP) is -1.13. The van der Waals surface area contributed by atoms with Crippen LogP contribution >= 0.6 is 0 Å². The Morgan fingerprint density at radius 3 is 2.38 bits per heavy atom. The molecule has 2 heterocycles. The lowest BCUT2D eigenvalue weighted by molar-refractivity contribution is -0.135. The molecule has 0 bridgehead atoms. The average Bonchev–Trinajstić information content (AvgIpc) is 2.39. The summed E-state index contributed by atoms with van der Waals surface area (Å²) >= 11 is 0. The lowest BCUT2D eigenvalue weighted by Gasteiger charge is -2.40. The first kappa shape index (κ1) is 11.8. The van der Waals surface area contributed by atoms with E-state index < -0.39 is 0 Å². The van der Waals surface area contributed by atoms with E-state index in [9.17, 15) is 4.79 Å². The van der Waals surface area contributed by atoms with E-state index in [-0.39, 0.29) is 12.5 Å². The molecule has 0 radical (unpaired) electrons. The normalized spacial score (nSPS) is 24.7. The van der Waals surface area contributed by atoms with Gasteiger partial charge in [0.2, 0.25) is 5.91 Å². The highest BCUT2D eigenvalue weighted by Crippen LogP contribution is 2.16. The van der Waals surface area contributed by atoms with Crippen molar-refractivity contribution in [2.24, 2.45) is 0 Å². The smallest absolute Gasteiger partial charge is 0.248 e. The number of piperazine rings is 1. The SMILES string of the molecule is O=C(CO)N1CCC(N2CCNCC2)CC1. The topological polar surface area (TPSA) is 55.8 Å². The minimum Gasteiger partial charge on any atom is -0.387 e. The molecule has 0 unspecified atom stereocenters. The Hall–Kier alpha value is -0.650. The summed E-state index contributed by atoms with van der Waals surface area (Å²) < 4.78 is 0. The van der Waals surface area contributed by atoms with E-state index in [1.165, 1.54) is 0 Å². The van der Waals surface area contributed by atoms with E-state index in [2.05, 4.69) is 10.2 Å². The number of piperidine rings is 1. The second kappa shape index (κ2) is 5.61. The number of aliphatic hydroxyl groups excluding tert-OH is 1. The highest BCUT2D eigenvalue weighted by atomic mass is 16.3. The molecule has 0 aromatic carbocycles. The summed E-state index contributed by atoms with van der Waals surface area (Å²) in [5.41, 5.74) is 0. The standard InChI is InChI=1S/C11H21N3O2/c15-9-11(16)14-5-1-10(2-6-14)13-7-3-12-4-8-13/h10,12,15H,1-9H2. The molecule has 92 valence electrons. The lowest BCUT2D eigenvalue weighted by atomic mass is 10.0. The molecule has 2 aliphatic heterocycles. The van der Waals surface area contributed by atoms with Crippen molar-refractivity contribution in [2.75, 3.05) is 45.9 Å². The summed E-state index contributed by atoms with van der Waals surface area (Å²) in [4.78, 5) is 15.6. The molecule has 0 spiro atoms. The van der Waals surface area contributed by atoms with Gasteiger partial charge in [-0.25, -0.2) is 0 Å². The van der Waals surface area contributed by atoms with Gasteiger partial charge in [0, 0.05) is 45.3 Å². The summed E-state index contributed by atoms with van der Waals surface area (Å²) in [7, 11) is 0. The molecule has 0 saturated carbocycles. The third-order valence-corrected chi connectivity index (χ3v) is 3.62. The molecule has 2 aliphatic rings. The summed E-state index contributed by atoms with van der Waals surface area (Å²) in [6.07, 6.45) is 2.09. The highest BCUT2D eigenvalue weighted by molar-refractivity contribution is 5.77. The number of carbonyl (C=O) groups is 1. The van der Waals surface area contributed by atoms with E-state index in [4.69, 9.17) is 5.11 Å². The van der Waals surface area contributed by atoms with Gasteiger partial charge in [-0.2, -0.15) is 0 Å². The van der Waals surface area contributed by atoms with Crippen LogP contribution in [-0.2, 0) is 4.79 Å². The van der Waals surface area contributed by atoms with Crippen LogP contribution in [-0.4, -0.2) is 72.7 Å². The van der Waals surface area contributed by atoms with Gasteiger partial charge in [0.25, 0.3) is 0 Å². The number of hydrogen-bond donors (Lipinski definition) is 2. The van der Waals surface area contributed by atoms with Crippen molar-refractivity contribution in [1.82, 2.24) is 15.1 Å². The number of amides is 1. The van der Waals surface area contributed by atoms with Crippen molar-refractivity contribution in [3.63, 3.8) is 0 Å². The molecular formula is C11H21N3O2. The van der Waals surface area contributed by atoms with Crippen molar-refractivity contribution in [3.05, 3.63) is 0 Å². The van der Waals surface area contributed by atoms with Gasteiger partial charge >= 0.3 is 0 Å². The number of rotatable bonds is 2. The lowest BCUT2D eigenvalue weighted by Crippen LogP contribution is -2.52. The van der Waals surface area contributed by atoms with Gasteiger partial charge in [-0.1, -0.05) is 0 Å². The molecule has 0 aromatic heterocycles. The summed E-state index contributed by atoms with van der Waals surface area (Å²) in [5.74, 6) is -0.126. The molecule has 0 aliphatic carbocycles. The van der Waals surface area contributed by atoms with E-state index in [0.717, 1.165) is 52.1 Å². The van der Waals surface area contributed by atoms with Crippen LogP contribution in [0.2, 0.25) is 0 Å². The fourth-order valence-corrected chi connectivity index (χ4v) is 2.63. The molecule has 5 nitrogen and oxygen atoms in total. The highest BCUT2D eigenvalue weighted by Gasteiger charge is 2.26. The molecule has 2 N–H and O–H groups in total. The van der Waals surface area contributed by atoms with Gasteiger partial charge in [-0.05, 0) is 12.8 Å². The van der Waals surface area contributed by atoms with Crippen LogP contribution in [0.1, 0.15) is 12.8 Å². The van der Waals surface area contributed by atoms with Crippen molar-refractivity contribution < 1.29 is 9.90 Å². The number of nitrogens with zero attached hydrogens (tertiary/aromatic N) is 2. The number of hydrogen-bond acceptors (Lipinski definition) is 4. The van der Waals surface area contributed by atoms with Crippen molar-refractivity contribution in [2.45, 2.75) is 18.9 Å². The second-order valence-corrected chi connectivity index (χ2v) is 4.56. The fourth-order valence-electron chi connectivity index (χ4n) is 2.63. The maximum absolute atomic E-state index is 11.3. The van der Waals surface area contributed by atoms with Crippen molar-refractivity contribution in [3.8, 4) is 0 Å². The van der Waals surface area contributed by atoms with Crippen molar-refractivity contribution >= 4 is 5.91 Å². The van der Waals surface area contributed by atoms with Crippen LogP contribution in [0.25, 0.3) is 0 Å². The fraction of sp³-hybridized carbons (Fsp3) is 0.909. The van der Waals surface area contributed by atoms with Crippen molar-refractivity contribution in [1.29, 1.82) is 0 Å². The number of carbonyl (C=O) groups excluding carboxylic acids is 1. The first-order valence-corrected chi connectivity index (χ1v) is 6.14. The molecule has 0 aromatic rings. The Labute approximate surface area is 96.4 Å². The summed E-state index contributed by atoms with van der Waals surface area (Å²) in [6, 6.07) is 0.629. The van der Waals surface area contributed by atoms with Crippen LogP contribution < -0.4 is 5.32 Å². The molecule has 1 amide bonds. The number of likely N-dealkylation sites (tertiary alicyclic amines) is 1. The number of aliphatic hydroxyl groups is 1. The zero-order chi connectivity index (χ0) is 11.4. The zero-order valence-electron chi connectivity index (χ0n) is 9.69. The Balaban J connectivity index is 1.78. The first-order chi connectivity index (χ1) is 7.81. The number of nitrogens with one attached hydrogen (secondary N) is 1. The van der Waals surface area contributed by atoms with Gasteiger partial charge in [0.1, 0.15) is 6.61 Å². The third-order valence-electron chi connectivity index (χ3n) is 3.62. The van der Waals surface area contributed by atoms with E-state index >= 15 is 0 Å². The molecule has 0 atom stereocenters. The largest absolute Gasteiger partial charge is 0.387 e. The van der Waals surface area contributed by atoms with Crippen LogP contribution in [0.3, 0.4) is 0 Å². The van der Waals surface area contributed by atoms with Crippen LogP contribution in [0.15, 0.2) is 0 Å². The van der Waals surface area contributed by atoms with Gasteiger partial charge in [0.05, 0.1) is 0 Å². The Morgan fingerprint density at radius 2 is 1.81 bits per heavy atom. The minimum absolute atomic E-state index is 0.126. The zero-order valence-corrected chi connectivity index (χ0v) is 9.69. The summed E-state index contributed by atoms with van der Waals surface area (Å²) in [5, 5.41) is 12.1. The van der Waals surface area contributed by atoms with Gasteiger partial charge in [0.15, 0.2) is 0 Å². The third kappa shape index (κ3) is 2.72. The second-order valence-electron chi connectivity index (χ2n) is 4.56. The van der Waals surface area contributed by atoms with Crippen LogP contribution in [0.4, 0.5) is 0 Å². The Morgan fingerprint density at radius 1 is 1.19 bits per heavy atom. The predicted molar refractivity (Wildman–Crippen MR) is 61.1 cm³/mol. The molecule has 2 rings (SSSR count). The van der Waals surface area contributed by atoms with Gasteiger partial charge < -0.3 is 15.3 Å². The maximum Gasteiger partial charge on any atom is 0.248 e. The minimum atomic E-state index is -0.349. The van der Waals surface area contributed by atoms with Crippen LogP contribution in [0.5, 0.6) is 0 Å².